The molecule has 2 atom stereocenters. The Kier molecular flexibility index (Phi) is 5.04. The molecule has 0 radical (unpaired) electrons. The zero-order valence-electron chi connectivity index (χ0n) is 12.6. The van der Waals surface area contributed by atoms with Gasteiger partial charge in [-0.05, 0) is 49.7 Å². The number of hydrogen-bond acceptors (Lipinski definition) is 1. The summed E-state index contributed by atoms with van der Waals surface area (Å²) in [5, 5.41) is 3.05. The maximum Gasteiger partial charge on any atom is 0.416 e. The molecule has 0 aliphatic carbocycles. The minimum atomic E-state index is -4.38. The summed E-state index contributed by atoms with van der Waals surface area (Å²) in [6.07, 6.45) is -4.38. The first-order chi connectivity index (χ1) is 10.7. The first kappa shape index (κ1) is 17.4. The van der Waals surface area contributed by atoms with E-state index in [-0.39, 0.29) is 11.6 Å². The molecule has 0 bridgehead atoms. The average Bonchev–Trinajstić information content (AvgIpc) is 2.48. The van der Waals surface area contributed by atoms with Crippen molar-refractivity contribution in [3.63, 3.8) is 0 Å². The molecule has 2 aromatic rings. The number of alkyl halides is 3. The monoisotopic (exact) mass is 329 g/mol. The van der Waals surface area contributed by atoms with Crippen LogP contribution in [0.15, 0.2) is 42.5 Å². The molecule has 0 aromatic heterocycles. The van der Waals surface area contributed by atoms with Gasteiger partial charge in [-0.25, -0.2) is 8.78 Å². The van der Waals surface area contributed by atoms with Crippen LogP contribution in [0.4, 0.5) is 22.0 Å². The van der Waals surface area contributed by atoms with Crippen LogP contribution in [0, 0.1) is 11.6 Å². The van der Waals surface area contributed by atoms with E-state index in [9.17, 15) is 22.0 Å². The SMILES string of the molecule is C[C@H](N[C@H](C)c1cc(F)ccc1F)c1ccc(C(F)(F)F)cc1. The van der Waals surface area contributed by atoms with Crippen molar-refractivity contribution in [3.8, 4) is 0 Å². The minimum absolute atomic E-state index is 0.170. The first-order valence-electron chi connectivity index (χ1n) is 7.06. The summed E-state index contributed by atoms with van der Waals surface area (Å²) >= 11 is 0. The Morgan fingerprint density at radius 2 is 1.48 bits per heavy atom. The van der Waals surface area contributed by atoms with Gasteiger partial charge in [-0.3, -0.25) is 0 Å². The summed E-state index contributed by atoms with van der Waals surface area (Å²) in [7, 11) is 0. The summed E-state index contributed by atoms with van der Waals surface area (Å²) in [6.45, 7) is 3.41. The lowest BCUT2D eigenvalue weighted by Gasteiger charge is -2.21. The van der Waals surface area contributed by atoms with E-state index in [1.807, 2.05) is 0 Å². The summed E-state index contributed by atoms with van der Waals surface area (Å²) in [4.78, 5) is 0. The van der Waals surface area contributed by atoms with Crippen LogP contribution in [-0.2, 0) is 6.18 Å². The zero-order valence-corrected chi connectivity index (χ0v) is 12.6. The van der Waals surface area contributed by atoms with Crippen molar-refractivity contribution < 1.29 is 22.0 Å². The summed E-state index contributed by atoms with van der Waals surface area (Å²) in [5.41, 5.74) is 0.0723. The fourth-order valence-electron chi connectivity index (χ4n) is 2.37. The van der Waals surface area contributed by atoms with Crippen molar-refractivity contribution in [3.05, 3.63) is 70.8 Å². The summed E-state index contributed by atoms with van der Waals surface area (Å²) in [6, 6.07) is 7.10. The second-order valence-corrected chi connectivity index (χ2v) is 5.40. The molecule has 0 aliphatic heterocycles. The van der Waals surface area contributed by atoms with Gasteiger partial charge >= 0.3 is 6.18 Å². The number of benzene rings is 2. The predicted molar refractivity (Wildman–Crippen MR) is 77.8 cm³/mol. The molecular formula is C17H16F5N. The van der Waals surface area contributed by atoms with Crippen LogP contribution >= 0.6 is 0 Å². The molecule has 0 amide bonds. The maximum atomic E-state index is 13.7. The van der Waals surface area contributed by atoms with Gasteiger partial charge in [0.1, 0.15) is 11.6 Å². The van der Waals surface area contributed by atoms with E-state index in [0.29, 0.717) is 5.56 Å². The van der Waals surface area contributed by atoms with Crippen LogP contribution < -0.4 is 5.32 Å². The Morgan fingerprint density at radius 3 is 2.04 bits per heavy atom. The Balaban J connectivity index is 2.12. The summed E-state index contributed by atoms with van der Waals surface area (Å²) < 4.78 is 64.6. The third kappa shape index (κ3) is 4.28. The molecule has 0 spiro atoms. The van der Waals surface area contributed by atoms with E-state index in [2.05, 4.69) is 5.32 Å². The zero-order chi connectivity index (χ0) is 17.2. The molecular weight excluding hydrogens is 313 g/mol. The molecule has 2 aromatic carbocycles. The Bertz CT molecular complexity index is 664. The Labute approximate surface area is 131 Å². The second kappa shape index (κ2) is 6.66. The van der Waals surface area contributed by atoms with E-state index < -0.39 is 29.4 Å². The molecule has 1 nitrogen and oxygen atoms in total. The molecule has 0 heterocycles. The van der Waals surface area contributed by atoms with Crippen molar-refractivity contribution >= 4 is 0 Å². The molecule has 2 rings (SSSR count). The van der Waals surface area contributed by atoms with Crippen LogP contribution in [0.25, 0.3) is 0 Å². The average molecular weight is 329 g/mol. The van der Waals surface area contributed by atoms with Crippen LogP contribution in [0.2, 0.25) is 0 Å². The van der Waals surface area contributed by atoms with E-state index >= 15 is 0 Å². The number of nitrogens with one attached hydrogen (secondary N) is 1. The van der Waals surface area contributed by atoms with Gasteiger partial charge in [-0.1, -0.05) is 12.1 Å². The molecule has 23 heavy (non-hydrogen) atoms. The second-order valence-electron chi connectivity index (χ2n) is 5.40. The van der Waals surface area contributed by atoms with Gasteiger partial charge in [0, 0.05) is 17.6 Å². The topological polar surface area (TPSA) is 12.0 Å². The highest BCUT2D eigenvalue weighted by atomic mass is 19.4. The Hall–Kier alpha value is -1.95. The molecule has 0 fully saturated rings. The fraction of sp³-hybridized carbons (Fsp3) is 0.294. The molecule has 1 N–H and O–H groups in total. The van der Waals surface area contributed by atoms with E-state index in [1.54, 1.807) is 13.8 Å². The van der Waals surface area contributed by atoms with E-state index in [0.717, 1.165) is 30.3 Å². The van der Waals surface area contributed by atoms with Crippen molar-refractivity contribution in [1.29, 1.82) is 0 Å². The van der Waals surface area contributed by atoms with Crippen molar-refractivity contribution in [2.75, 3.05) is 0 Å². The lowest BCUT2D eigenvalue weighted by Crippen LogP contribution is -2.23. The number of rotatable bonds is 4. The highest BCUT2D eigenvalue weighted by Gasteiger charge is 2.30. The van der Waals surface area contributed by atoms with Crippen molar-refractivity contribution in [2.45, 2.75) is 32.1 Å². The van der Waals surface area contributed by atoms with Crippen LogP contribution in [0.5, 0.6) is 0 Å². The van der Waals surface area contributed by atoms with Crippen molar-refractivity contribution in [2.24, 2.45) is 0 Å². The molecule has 0 aliphatic rings. The smallest absolute Gasteiger partial charge is 0.304 e. The van der Waals surface area contributed by atoms with Crippen LogP contribution in [0.3, 0.4) is 0 Å². The molecule has 124 valence electrons. The Morgan fingerprint density at radius 1 is 0.870 bits per heavy atom. The van der Waals surface area contributed by atoms with Gasteiger partial charge in [-0.15, -0.1) is 0 Å². The third-order valence-corrected chi connectivity index (χ3v) is 3.66. The molecule has 6 heteroatoms. The van der Waals surface area contributed by atoms with Crippen LogP contribution in [-0.4, -0.2) is 0 Å². The fourth-order valence-corrected chi connectivity index (χ4v) is 2.37. The quantitative estimate of drug-likeness (QED) is 0.741. The molecule has 0 unspecified atom stereocenters. The van der Waals surface area contributed by atoms with Gasteiger partial charge in [0.15, 0.2) is 0 Å². The standard InChI is InChI=1S/C17H16F5N/c1-10(12-3-5-13(6-4-12)17(20,21)22)23-11(2)15-9-14(18)7-8-16(15)19/h3-11,23H,1-2H3/t10-,11+/m0/s1. The number of hydrogen-bond donors (Lipinski definition) is 1. The lowest BCUT2D eigenvalue weighted by atomic mass is 10.0. The first-order valence-corrected chi connectivity index (χ1v) is 7.06. The van der Waals surface area contributed by atoms with E-state index in [1.165, 1.54) is 12.1 Å². The van der Waals surface area contributed by atoms with Gasteiger partial charge < -0.3 is 5.32 Å². The highest BCUT2D eigenvalue weighted by molar-refractivity contribution is 5.27. The normalized spacial score (nSPS) is 14.6. The van der Waals surface area contributed by atoms with Gasteiger partial charge in [0.05, 0.1) is 5.56 Å². The van der Waals surface area contributed by atoms with Crippen LogP contribution in [0.1, 0.15) is 42.6 Å². The lowest BCUT2D eigenvalue weighted by molar-refractivity contribution is -0.137. The molecule has 0 saturated carbocycles. The molecule has 0 saturated heterocycles. The highest BCUT2D eigenvalue weighted by Crippen LogP contribution is 2.30. The van der Waals surface area contributed by atoms with Gasteiger partial charge in [0.2, 0.25) is 0 Å². The van der Waals surface area contributed by atoms with Gasteiger partial charge in [-0.2, -0.15) is 13.2 Å². The predicted octanol–water partition coefficient (Wildman–Crippen LogP) is 5.40. The van der Waals surface area contributed by atoms with Crippen molar-refractivity contribution in [1.82, 2.24) is 5.32 Å². The third-order valence-electron chi connectivity index (χ3n) is 3.66. The van der Waals surface area contributed by atoms with Gasteiger partial charge in [0.25, 0.3) is 0 Å². The largest absolute Gasteiger partial charge is 0.416 e. The number of halogens is 5. The minimum Gasteiger partial charge on any atom is -0.304 e. The summed E-state index contributed by atoms with van der Waals surface area (Å²) in [5.74, 6) is -1.08. The van der Waals surface area contributed by atoms with E-state index in [4.69, 9.17) is 0 Å². The maximum absolute atomic E-state index is 13.7.